The molecule has 0 amide bonds. The molecular formula is C11H10N2O6S2. The lowest BCUT2D eigenvalue weighted by molar-refractivity contribution is 0.0697. The number of phenols is 1. The van der Waals surface area contributed by atoms with E-state index in [0.717, 1.165) is 18.2 Å². The summed E-state index contributed by atoms with van der Waals surface area (Å²) >= 11 is 0.500. The predicted octanol–water partition coefficient (Wildman–Crippen LogP) is 0.949. The van der Waals surface area contributed by atoms with Gasteiger partial charge in [0.25, 0.3) is 10.0 Å². The predicted molar refractivity (Wildman–Crippen MR) is 75.6 cm³/mol. The molecule has 4 N–H and O–H groups in total. The molecule has 0 radical (unpaired) electrons. The first kappa shape index (κ1) is 15.1. The molecule has 1 heterocycles. The van der Waals surface area contributed by atoms with E-state index >= 15 is 0 Å². The third-order valence-corrected chi connectivity index (χ3v) is 5.47. The lowest BCUT2D eigenvalue weighted by atomic mass is 10.2. The minimum absolute atomic E-state index is 0.160. The normalized spacial score (nSPS) is 11.3. The molecule has 112 valence electrons. The van der Waals surface area contributed by atoms with Gasteiger partial charge in [0.05, 0.1) is 11.3 Å². The molecule has 1 aromatic heterocycles. The summed E-state index contributed by atoms with van der Waals surface area (Å²) in [6.07, 6.45) is 0. The topological polar surface area (TPSA) is 137 Å². The van der Waals surface area contributed by atoms with Crippen molar-refractivity contribution in [2.45, 2.75) is 11.1 Å². The number of thiazole rings is 1. The molecule has 1 aromatic carbocycles. The second-order valence-electron chi connectivity index (χ2n) is 4.07. The monoisotopic (exact) mass is 330 g/mol. The highest BCUT2D eigenvalue weighted by atomic mass is 32.2. The lowest BCUT2D eigenvalue weighted by Crippen LogP contribution is -2.15. The zero-order chi connectivity index (χ0) is 15.8. The van der Waals surface area contributed by atoms with E-state index in [4.69, 9.17) is 5.11 Å². The number of hydrogen-bond donors (Lipinski definition) is 4. The maximum Gasteiger partial charge on any atom is 0.337 e. The fourth-order valence-corrected chi connectivity index (χ4v) is 4.02. The number of benzene rings is 1. The highest BCUT2D eigenvalue weighted by Crippen LogP contribution is 2.25. The fraction of sp³-hybridized carbons (Fsp3) is 0.0909. The number of carbonyl (C=O) groups is 1. The van der Waals surface area contributed by atoms with Gasteiger partial charge in [0.2, 0.25) is 0 Å². The lowest BCUT2D eigenvalue weighted by Gasteiger charge is -2.10. The average Bonchev–Trinajstić information content (AvgIpc) is 2.71. The van der Waals surface area contributed by atoms with Crippen molar-refractivity contribution in [1.82, 2.24) is 4.98 Å². The summed E-state index contributed by atoms with van der Waals surface area (Å²) in [5, 5.41) is 18.3. The Morgan fingerprint density at radius 3 is 2.57 bits per heavy atom. The van der Waals surface area contributed by atoms with E-state index in [0.29, 0.717) is 11.3 Å². The van der Waals surface area contributed by atoms with Crippen LogP contribution in [0.3, 0.4) is 0 Å². The number of aromatic hydroxyl groups is 1. The molecule has 2 aromatic rings. The van der Waals surface area contributed by atoms with Crippen molar-refractivity contribution in [3.05, 3.63) is 39.1 Å². The van der Waals surface area contributed by atoms with Crippen molar-refractivity contribution >= 4 is 33.0 Å². The number of sulfonamides is 1. The van der Waals surface area contributed by atoms with Gasteiger partial charge in [-0.05, 0) is 25.1 Å². The molecule has 0 spiro atoms. The number of aromatic amines is 1. The first-order valence-electron chi connectivity index (χ1n) is 5.49. The van der Waals surface area contributed by atoms with Gasteiger partial charge < -0.3 is 15.2 Å². The van der Waals surface area contributed by atoms with Crippen LogP contribution in [0.2, 0.25) is 0 Å². The first-order valence-corrected chi connectivity index (χ1v) is 7.79. The zero-order valence-electron chi connectivity index (χ0n) is 10.6. The SMILES string of the molecule is Cc1[nH]c(=O)sc1S(=O)(=O)Nc1ccc(O)cc1C(=O)O. The Labute approximate surface area is 122 Å². The van der Waals surface area contributed by atoms with E-state index in [9.17, 15) is 23.1 Å². The van der Waals surface area contributed by atoms with Gasteiger partial charge in [-0.25, -0.2) is 13.2 Å². The van der Waals surface area contributed by atoms with Crippen LogP contribution >= 0.6 is 11.3 Å². The molecule has 0 bridgehead atoms. The van der Waals surface area contributed by atoms with Crippen LogP contribution in [0.1, 0.15) is 16.1 Å². The highest BCUT2D eigenvalue weighted by molar-refractivity contribution is 7.94. The maximum absolute atomic E-state index is 12.2. The van der Waals surface area contributed by atoms with Crippen LogP contribution in [-0.4, -0.2) is 29.6 Å². The largest absolute Gasteiger partial charge is 0.508 e. The third kappa shape index (κ3) is 3.06. The molecule has 0 aliphatic rings. The Bertz CT molecular complexity index is 865. The number of anilines is 1. The number of aryl methyl sites for hydroxylation is 1. The van der Waals surface area contributed by atoms with Crippen molar-refractivity contribution in [3.8, 4) is 5.75 Å². The molecule has 0 fully saturated rings. The Morgan fingerprint density at radius 1 is 1.38 bits per heavy atom. The van der Waals surface area contributed by atoms with Crippen molar-refractivity contribution in [2.75, 3.05) is 4.72 Å². The van der Waals surface area contributed by atoms with Gasteiger partial charge in [-0.15, -0.1) is 0 Å². The van der Waals surface area contributed by atoms with Crippen molar-refractivity contribution in [1.29, 1.82) is 0 Å². The quantitative estimate of drug-likeness (QED) is 0.616. The van der Waals surface area contributed by atoms with Crippen molar-refractivity contribution in [3.63, 3.8) is 0 Å². The minimum Gasteiger partial charge on any atom is -0.508 e. The molecule has 0 unspecified atom stereocenters. The van der Waals surface area contributed by atoms with Crippen molar-refractivity contribution < 1.29 is 23.4 Å². The standard InChI is InChI=1S/C11H10N2O6S2/c1-5-10(20-11(17)12-5)21(18,19)13-8-3-2-6(14)4-7(8)9(15)16/h2-4,13-14H,1H3,(H,12,17)(H,15,16). The number of carboxylic acids is 1. The number of aromatic nitrogens is 1. The minimum atomic E-state index is -4.10. The van der Waals surface area contributed by atoms with E-state index in [1.165, 1.54) is 6.92 Å². The molecule has 0 aliphatic heterocycles. The first-order chi connectivity index (χ1) is 9.70. The fourth-order valence-electron chi connectivity index (χ4n) is 1.64. The Kier molecular flexibility index (Phi) is 3.75. The van der Waals surface area contributed by atoms with Crippen LogP contribution in [0.5, 0.6) is 5.75 Å². The number of carboxylic acid groups (broad SMARTS) is 1. The van der Waals surface area contributed by atoms with Gasteiger partial charge in [-0.2, -0.15) is 0 Å². The van der Waals surface area contributed by atoms with Gasteiger partial charge in [0.15, 0.2) is 4.21 Å². The van der Waals surface area contributed by atoms with Crippen molar-refractivity contribution in [2.24, 2.45) is 0 Å². The van der Waals surface area contributed by atoms with Crippen LogP contribution < -0.4 is 9.60 Å². The summed E-state index contributed by atoms with van der Waals surface area (Å²) in [6.45, 7) is 1.42. The van der Waals surface area contributed by atoms with Crippen LogP contribution in [0.4, 0.5) is 5.69 Å². The van der Waals surface area contributed by atoms with Gasteiger partial charge in [0, 0.05) is 5.69 Å². The Balaban J connectivity index is 2.49. The number of aromatic carboxylic acids is 1. The van der Waals surface area contributed by atoms with Gasteiger partial charge >= 0.3 is 10.8 Å². The van der Waals surface area contributed by atoms with Crippen LogP contribution in [-0.2, 0) is 10.0 Å². The van der Waals surface area contributed by atoms with E-state index < -0.39 is 26.4 Å². The summed E-state index contributed by atoms with van der Waals surface area (Å²) < 4.78 is 26.2. The van der Waals surface area contributed by atoms with E-state index in [1.807, 2.05) is 0 Å². The second kappa shape index (κ2) is 5.22. The van der Waals surface area contributed by atoms with E-state index in [1.54, 1.807) is 0 Å². The summed E-state index contributed by atoms with van der Waals surface area (Å²) in [5.41, 5.74) is -0.451. The summed E-state index contributed by atoms with van der Waals surface area (Å²) in [7, 11) is -4.10. The number of rotatable bonds is 4. The van der Waals surface area contributed by atoms with E-state index in [2.05, 4.69) is 9.71 Å². The second-order valence-corrected chi connectivity index (χ2v) is 6.93. The highest BCUT2D eigenvalue weighted by Gasteiger charge is 2.23. The molecule has 0 saturated heterocycles. The number of nitrogens with one attached hydrogen (secondary N) is 2. The maximum atomic E-state index is 12.2. The van der Waals surface area contributed by atoms with Crippen LogP contribution in [0.25, 0.3) is 0 Å². The third-order valence-electron chi connectivity index (χ3n) is 2.50. The molecular weight excluding hydrogens is 320 g/mol. The molecule has 21 heavy (non-hydrogen) atoms. The summed E-state index contributed by atoms with van der Waals surface area (Å²) in [5.74, 6) is -1.71. The molecule has 10 heteroatoms. The summed E-state index contributed by atoms with van der Waals surface area (Å²) in [6, 6.07) is 3.20. The van der Waals surface area contributed by atoms with Crippen LogP contribution in [0, 0.1) is 6.92 Å². The molecule has 8 nitrogen and oxygen atoms in total. The molecule has 0 aliphatic carbocycles. The number of H-pyrrole nitrogens is 1. The van der Waals surface area contributed by atoms with Gasteiger partial charge in [-0.3, -0.25) is 9.52 Å². The smallest absolute Gasteiger partial charge is 0.337 e. The Hall–Kier alpha value is -2.33. The number of hydrogen-bond acceptors (Lipinski definition) is 6. The molecule has 0 saturated carbocycles. The average molecular weight is 330 g/mol. The van der Waals surface area contributed by atoms with Crippen LogP contribution in [0.15, 0.2) is 27.2 Å². The zero-order valence-corrected chi connectivity index (χ0v) is 12.2. The summed E-state index contributed by atoms with van der Waals surface area (Å²) in [4.78, 5) is 24.0. The Morgan fingerprint density at radius 2 is 2.05 bits per heavy atom. The van der Waals surface area contributed by atoms with Gasteiger partial charge in [-0.1, -0.05) is 11.3 Å². The van der Waals surface area contributed by atoms with E-state index in [-0.39, 0.29) is 21.3 Å². The number of phenolic OH excluding ortho intramolecular Hbond substituents is 1. The van der Waals surface area contributed by atoms with Gasteiger partial charge in [0.1, 0.15) is 5.75 Å². The molecule has 2 rings (SSSR count). The molecule has 0 atom stereocenters.